The van der Waals surface area contributed by atoms with Gasteiger partial charge in [0.25, 0.3) is 0 Å². The summed E-state index contributed by atoms with van der Waals surface area (Å²) in [4.78, 5) is 11.4. The molecule has 1 nitrogen and oxygen atoms in total. The second-order valence-corrected chi connectivity index (χ2v) is 4.51. The zero-order valence-electron chi connectivity index (χ0n) is 9.51. The van der Waals surface area contributed by atoms with Gasteiger partial charge in [0.2, 0.25) is 5.78 Å². The largest absolute Gasteiger partial charge is 0.368 e. The fourth-order valence-electron chi connectivity index (χ4n) is 1.97. The maximum atomic E-state index is 13.0. The van der Waals surface area contributed by atoms with Gasteiger partial charge in [0, 0.05) is 5.56 Å². The Labute approximate surface area is 102 Å². The average Bonchev–Trinajstić information content (AvgIpc) is 2.26. The van der Waals surface area contributed by atoms with Crippen molar-refractivity contribution in [2.45, 2.75) is 37.5 Å². The molecule has 0 bridgehead atoms. The Bertz CT molecular complexity index is 452. The third kappa shape index (κ3) is 2.26. The van der Waals surface area contributed by atoms with Crippen molar-refractivity contribution in [1.82, 2.24) is 0 Å². The number of Topliss-reactive ketones (excluding diaryl/α,β-unsaturated/α-hetero) is 1. The van der Waals surface area contributed by atoms with Crippen LogP contribution in [-0.2, 0) is 0 Å². The van der Waals surface area contributed by atoms with Crippen molar-refractivity contribution in [3.8, 4) is 0 Å². The molecule has 0 aromatic heterocycles. The lowest BCUT2D eigenvalue weighted by molar-refractivity contribution is -0.0958. The molecule has 0 aliphatic heterocycles. The summed E-state index contributed by atoms with van der Waals surface area (Å²) in [5.41, 5.74) is 0.432. The summed E-state index contributed by atoms with van der Waals surface area (Å²) in [6.07, 6.45) is -1.01. The Balaban J connectivity index is 2.25. The van der Waals surface area contributed by atoms with E-state index in [4.69, 9.17) is 0 Å². The summed E-state index contributed by atoms with van der Waals surface area (Å²) in [5, 5.41) is 0. The minimum atomic E-state index is -4.61. The Hall–Kier alpha value is -1.39. The van der Waals surface area contributed by atoms with E-state index < -0.39 is 18.1 Å². The smallest absolute Gasteiger partial charge is 0.287 e. The van der Waals surface area contributed by atoms with Crippen LogP contribution in [0.5, 0.6) is 0 Å². The molecule has 18 heavy (non-hydrogen) atoms. The summed E-state index contributed by atoms with van der Waals surface area (Å²) in [6, 6.07) is 5.66. The molecule has 98 valence electrons. The number of rotatable bonds is 4. The van der Waals surface area contributed by atoms with Crippen LogP contribution in [0.25, 0.3) is 0 Å². The second-order valence-electron chi connectivity index (χ2n) is 4.51. The fourth-order valence-corrected chi connectivity index (χ4v) is 1.97. The minimum absolute atomic E-state index is 0.262. The fraction of sp³-hybridized carbons (Fsp3) is 0.462. The van der Waals surface area contributed by atoms with Crippen LogP contribution in [0.3, 0.4) is 0 Å². The minimum Gasteiger partial charge on any atom is -0.287 e. The van der Waals surface area contributed by atoms with Gasteiger partial charge in [-0.3, -0.25) is 4.79 Å². The summed E-state index contributed by atoms with van der Waals surface area (Å²) in [7, 11) is 0. The average molecular weight is 260 g/mol. The maximum absolute atomic E-state index is 13.0. The van der Waals surface area contributed by atoms with Gasteiger partial charge >= 0.3 is 12.3 Å². The highest BCUT2D eigenvalue weighted by molar-refractivity contribution is 6.01. The first-order valence-corrected chi connectivity index (χ1v) is 5.73. The molecule has 0 amide bonds. The summed E-state index contributed by atoms with van der Waals surface area (Å²) < 4.78 is 50.1. The highest BCUT2D eigenvalue weighted by Crippen LogP contribution is 2.37. The van der Waals surface area contributed by atoms with Crippen molar-refractivity contribution in [3.63, 3.8) is 0 Å². The van der Waals surface area contributed by atoms with Crippen molar-refractivity contribution in [3.05, 3.63) is 35.4 Å². The monoisotopic (exact) mass is 260 g/mol. The van der Waals surface area contributed by atoms with Crippen LogP contribution < -0.4 is 0 Å². The van der Waals surface area contributed by atoms with E-state index in [1.165, 1.54) is 12.1 Å². The molecule has 0 N–H and O–H groups in total. The van der Waals surface area contributed by atoms with Crippen LogP contribution in [0.4, 0.5) is 17.6 Å². The quantitative estimate of drug-likeness (QED) is 0.590. The molecule has 0 atom stereocenters. The first-order valence-electron chi connectivity index (χ1n) is 5.73. The number of ketones is 1. The molecule has 1 saturated carbocycles. The van der Waals surface area contributed by atoms with Gasteiger partial charge in [-0.1, -0.05) is 24.6 Å². The molecule has 1 aromatic rings. The van der Waals surface area contributed by atoms with Crippen molar-refractivity contribution >= 4 is 5.78 Å². The van der Waals surface area contributed by atoms with E-state index in [0.29, 0.717) is 0 Å². The molecule has 0 spiro atoms. The predicted molar refractivity (Wildman–Crippen MR) is 58.3 cm³/mol. The lowest BCUT2D eigenvalue weighted by Crippen LogP contribution is -2.36. The zero-order chi connectivity index (χ0) is 13.3. The van der Waals surface area contributed by atoms with Gasteiger partial charge in [0.15, 0.2) is 0 Å². The number of alkyl halides is 4. The standard InChI is InChI=1S/C13H12F4O/c14-12(15)13(16,17)11(18)10-6-2-5-9(7-10)8-3-1-4-8/h2,5-8,12H,1,3-4H2. The van der Waals surface area contributed by atoms with Crippen LogP contribution in [-0.4, -0.2) is 18.1 Å². The highest BCUT2D eigenvalue weighted by atomic mass is 19.3. The third-order valence-electron chi connectivity index (χ3n) is 3.30. The van der Waals surface area contributed by atoms with Crippen LogP contribution in [0.1, 0.15) is 41.1 Å². The molecule has 1 aliphatic rings. The van der Waals surface area contributed by atoms with E-state index in [-0.39, 0.29) is 11.5 Å². The Morgan fingerprint density at radius 3 is 2.44 bits per heavy atom. The van der Waals surface area contributed by atoms with E-state index in [2.05, 4.69) is 0 Å². The van der Waals surface area contributed by atoms with Crippen LogP contribution in [0.2, 0.25) is 0 Å². The van der Waals surface area contributed by atoms with Crippen LogP contribution in [0.15, 0.2) is 24.3 Å². The number of carbonyl (C=O) groups excluding carboxylic acids is 1. The molecule has 0 heterocycles. The SMILES string of the molecule is O=C(c1cccc(C2CCC2)c1)C(F)(F)C(F)F. The number of carbonyl (C=O) groups is 1. The number of benzene rings is 1. The summed E-state index contributed by atoms with van der Waals surface area (Å²) >= 11 is 0. The van der Waals surface area contributed by atoms with Gasteiger partial charge in [-0.2, -0.15) is 8.78 Å². The lowest BCUT2D eigenvalue weighted by Gasteiger charge is -2.26. The first kappa shape index (κ1) is 13.1. The molecular formula is C13H12F4O. The van der Waals surface area contributed by atoms with E-state index >= 15 is 0 Å². The molecule has 0 saturated heterocycles. The zero-order valence-corrected chi connectivity index (χ0v) is 9.51. The number of hydrogen-bond donors (Lipinski definition) is 0. The molecule has 1 aromatic carbocycles. The Morgan fingerprint density at radius 2 is 1.94 bits per heavy atom. The van der Waals surface area contributed by atoms with Crippen LogP contribution >= 0.6 is 0 Å². The van der Waals surface area contributed by atoms with Crippen molar-refractivity contribution < 1.29 is 22.4 Å². The topological polar surface area (TPSA) is 17.1 Å². The molecule has 5 heteroatoms. The van der Waals surface area contributed by atoms with Crippen molar-refractivity contribution in [2.24, 2.45) is 0 Å². The number of hydrogen-bond acceptors (Lipinski definition) is 1. The number of halogens is 4. The normalized spacial score (nSPS) is 16.7. The molecule has 2 rings (SSSR count). The van der Waals surface area contributed by atoms with Gasteiger partial charge in [0.05, 0.1) is 0 Å². The Kier molecular flexibility index (Phi) is 3.41. The summed E-state index contributed by atoms with van der Waals surface area (Å²) in [6.45, 7) is 0. The van der Waals surface area contributed by atoms with E-state index in [9.17, 15) is 22.4 Å². The molecular weight excluding hydrogens is 248 g/mol. The Morgan fingerprint density at radius 1 is 1.28 bits per heavy atom. The molecule has 1 aliphatic carbocycles. The van der Waals surface area contributed by atoms with E-state index in [0.717, 1.165) is 30.9 Å². The molecule has 1 fully saturated rings. The van der Waals surface area contributed by atoms with E-state index in [1.54, 1.807) is 6.07 Å². The van der Waals surface area contributed by atoms with Gasteiger partial charge in [-0.05, 0) is 30.4 Å². The molecule has 0 radical (unpaired) electrons. The second kappa shape index (κ2) is 4.71. The van der Waals surface area contributed by atoms with Gasteiger partial charge in [-0.25, -0.2) is 8.78 Å². The van der Waals surface area contributed by atoms with E-state index in [1.807, 2.05) is 0 Å². The third-order valence-corrected chi connectivity index (χ3v) is 3.30. The highest BCUT2D eigenvalue weighted by Gasteiger charge is 2.49. The van der Waals surface area contributed by atoms with Gasteiger partial charge < -0.3 is 0 Å². The van der Waals surface area contributed by atoms with Crippen molar-refractivity contribution in [2.75, 3.05) is 0 Å². The molecule has 0 unspecified atom stereocenters. The summed E-state index contributed by atoms with van der Waals surface area (Å²) in [5.74, 6) is -6.16. The maximum Gasteiger partial charge on any atom is 0.368 e. The lowest BCUT2D eigenvalue weighted by atomic mass is 9.79. The van der Waals surface area contributed by atoms with Gasteiger partial charge in [0.1, 0.15) is 0 Å². The first-order chi connectivity index (χ1) is 8.43. The van der Waals surface area contributed by atoms with Crippen molar-refractivity contribution in [1.29, 1.82) is 0 Å². The van der Waals surface area contributed by atoms with Gasteiger partial charge in [-0.15, -0.1) is 0 Å². The predicted octanol–water partition coefficient (Wildman–Crippen LogP) is 4.04. The van der Waals surface area contributed by atoms with Crippen LogP contribution in [0, 0.1) is 0 Å².